The molecular formula is C6H5BrClN3. The van der Waals surface area contributed by atoms with Crippen molar-refractivity contribution in [3.63, 3.8) is 0 Å². The number of nitrogens with zero attached hydrogens (tertiary/aromatic N) is 1. The molecule has 0 spiro atoms. The third-order valence-electron chi connectivity index (χ3n) is 1.12. The number of hydrogen-bond acceptors (Lipinski definition) is 2. The van der Waals surface area contributed by atoms with Crippen LogP contribution in [0.3, 0.4) is 0 Å². The van der Waals surface area contributed by atoms with Gasteiger partial charge in [0.2, 0.25) is 0 Å². The van der Waals surface area contributed by atoms with Gasteiger partial charge in [-0.2, -0.15) is 0 Å². The van der Waals surface area contributed by atoms with Gasteiger partial charge in [-0.15, -0.1) is 0 Å². The second kappa shape index (κ2) is 3.19. The first kappa shape index (κ1) is 8.49. The Morgan fingerprint density at radius 2 is 2.27 bits per heavy atom. The van der Waals surface area contributed by atoms with Gasteiger partial charge in [0.1, 0.15) is 5.84 Å². The van der Waals surface area contributed by atoms with E-state index in [1.165, 1.54) is 6.20 Å². The normalized spacial score (nSPS) is 9.64. The maximum Gasteiger partial charge on any atom is 0.125 e. The number of pyridine rings is 1. The molecule has 0 atom stereocenters. The number of aromatic nitrogens is 1. The minimum Gasteiger partial charge on any atom is -0.384 e. The smallest absolute Gasteiger partial charge is 0.125 e. The average molecular weight is 234 g/mol. The number of hydrogen-bond donors (Lipinski definition) is 2. The first-order valence-electron chi connectivity index (χ1n) is 2.76. The molecule has 0 aliphatic rings. The summed E-state index contributed by atoms with van der Waals surface area (Å²) < 4.78 is 0.637. The van der Waals surface area contributed by atoms with Crippen LogP contribution in [0.4, 0.5) is 0 Å². The Hall–Kier alpha value is -0.610. The van der Waals surface area contributed by atoms with E-state index in [9.17, 15) is 0 Å². The second-order valence-corrected chi connectivity index (χ2v) is 3.15. The van der Waals surface area contributed by atoms with Gasteiger partial charge in [-0.3, -0.25) is 10.4 Å². The number of nitrogen functional groups attached to an aromatic ring is 1. The molecule has 58 valence electrons. The standard InChI is InChI=1S/C6H5BrClN3/c7-3-1-11-2-4(8)5(3)6(9)10/h1-2H,(H3,9,10). The van der Waals surface area contributed by atoms with Crippen LogP contribution < -0.4 is 5.73 Å². The Bertz CT molecular complexity index is 280. The Morgan fingerprint density at radius 1 is 1.64 bits per heavy atom. The molecule has 3 nitrogen and oxygen atoms in total. The molecule has 1 rings (SSSR count). The van der Waals surface area contributed by atoms with Crippen LogP contribution >= 0.6 is 27.5 Å². The van der Waals surface area contributed by atoms with E-state index in [0.717, 1.165) is 0 Å². The van der Waals surface area contributed by atoms with Crippen molar-refractivity contribution in [2.45, 2.75) is 0 Å². The first-order chi connectivity index (χ1) is 5.13. The molecule has 0 saturated heterocycles. The summed E-state index contributed by atoms with van der Waals surface area (Å²) in [5.41, 5.74) is 5.74. The van der Waals surface area contributed by atoms with E-state index in [4.69, 9.17) is 22.7 Å². The Labute approximate surface area is 77.2 Å². The third-order valence-corrected chi connectivity index (χ3v) is 2.01. The van der Waals surface area contributed by atoms with E-state index in [1.807, 2.05) is 0 Å². The summed E-state index contributed by atoms with van der Waals surface area (Å²) >= 11 is 8.89. The van der Waals surface area contributed by atoms with Gasteiger partial charge in [0.15, 0.2) is 0 Å². The van der Waals surface area contributed by atoms with Gasteiger partial charge in [0.25, 0.3) is 0 Å². The summed E-state index contributed by atoms with van der Waals surface area (Å²) in [7, 11) is 0. The summed E-state index contributed by atoms with van der Waals surface area (Å²) in [6, 6.07) is 0. The Balaban J connectivity index is 3.32. The monoisotopic (exact) mass is 233 g/mol. The lowest BCUT2D eigenvalue weighted by Gasteiger charge is -2.02. The van der Waals surface area contributed by atoms with Crippen molar-refractivity contribution in [3.05, 3.63) is 27.5 Å². The minimum absolute atomic E-state index is 0.0655. The van der Waals surface area contributed by atoms with Crippen molar-refractivity contribution in [3.8, 4) is 0 Å². The molecule has 0 radical (unpaired) electrons. The maximum atomic E-state index is 7.15. The number of nitrogens with two attached hydrogens (primary N) is 1. The minimum atomic E-state index is -0.0655. The van der Waals surface area contributed by atoms with E-state index < -0.39 is 0 Å². The predicted molar refractivity (Wildman–Crippen MR) is 48.0 cm³/mol. The summed E-state index contributed by atoms with van der Waals surface area (Å²) in [5.74, 6) is -0.0655. The zero-order valence-electron chi connectivity index (χ0n) is 5.44. The quantitative estimate of drug-likeness (QED) is 0.575. The van der Waals surface area contributed by atoms with Crippen molar-refractivity contribution in [2.75, 3.05) is 0 Å². The van der Waals surface area contributed by atoms with Gasteiger partial charge in [0, 0.05) is 16.9 Å². The van der Waals surface area contributed by atoms with Crippen LogP contribution in [0.5, 0.6) is 0 Å². The van der Waals surface area contributed by atoms with E-state index in [2.05, 4.69) is 20.9 Å². The summed E-state index contributed by atoms with van der Waals surface area (Å²) in [4.78, 5) is 3.80. The Morgan fingerprint density at radius 3 is 2.64 bits per heavy atom. The van der Waals surface area contributed by atoms with Gasteiger partial charge in [-0.1, -0.05) is 11.6 Å². The van der Waals surface area contributed by atoms with Crippen LogP contribution in [-0.4, -0.2) is 10.8 Å². The molecule has 3 N–H and O–H groups in total. The molecule has 0 aliphatic carbocycles. The Kier molecular flexibility index (Phi) is 2.46. The zero-order chi connectivity index (χ0) is 8.43. The van der Waals surface area contributed by atoms with Gasteiger partial charge < -0.3 is 5.73 Å². The van der Waals surface area contributed by atoms with Gasteiger partial charge in [-0.05, 0) is 15.9 Å². The van der Waals surface area contributed by atoms with Gasteiger partial charge >= 0.3 is 0 Å². The van der Waals surface area contributed by atoms with E-state index in [-0.39, 0.29) is 5.84 Å². The molecule has 1 aromatic rings. The fourth-order valence-corrected chi connectivity index (χ4v) is 1.59. The topological polar surface area (TPSA) is 62.8 Å². The SMILES string of the molecule is N=C(N)c1c(Cl)cncc1Br. The summed E-state index contributed by atoms with van der Waals surface area (Å²) in [6.45, 7) is 0. The molecule has 1 heterocycles. The summed E-state index contributed by atoms with van der Waals surface area (Å²) in [5, 5.41) is 7.53. The van der Waals surface area contributed by atoms with Crippen LogP contribution in [0.15, 0.2) is 16.9 Å². The lowest BCUT2D eigenvalue weighted by Crippen LogP contribution is -2.12. The van der Waals surface area contributed by atoms with Crippen molar-refractivity contribution < 1.29 is 0 Å². The number of amidine groups is 1. The molecule has 0 unspecified atom stereocenters. The predicted octanol–water partition coefficient (Wildman–Crippen LogP) is 1.78. The molecule has 0 aliphatic heterocycles. The van der Waals surface area contributed by atoms with Crippen molar-refractivity contribution in [2.24, 2.45) is 5.73 Å². The van der Waals surface area contributed by atoms with Gasteiger partial charge in [0.05, 0.1) is 10.6 Å². The highest BCUT2D eigenvalue weighted by atomic mass is 79.9. The first-order valence-corrected chi connectivity index (χ1v) is 3.93. The highest BCUT2D eigenvalue weighted by Gasteiger charge is 2.07. The second-order valence-electron chi connectivity index (χ2n) is 1.89. The van der Waals surface area contributed by atoms with Crippen molar-refractivity contribution in [1.82, 2.24) is 4.98 Å². The van der Waals surface area contributed by atoms with Crippen LogP contribution in [0, 0.1) is 5.41 Å². The number of rotatable bonds is 1. The lowest BCUT2D eigenvalue weighted by atomic mass is 10.2. The van der Waals surface area contributed by atoms with Crippen LogP contribution in [-0.2, 0) is 0 Å². The van der Waals surface area contributed by atoms with Crippen LogP contribution in [0.1, 0.15) is 5.56 Å². The largest absolute Gasteiger partial charge is 0.384 e. The molecule has 0 bridgehead atoms. The molecule has 1 aromatic heterocycles. The fraction of sp³-hybridized carbons (Fsp3) is 0. The third kappa shape index (κ3) is 1.70. The highest BCUT2D eigenvalue weighted by molar-refractivity contribution is 9.10. The molecule has 0 amide bonds. The highest BCUT2D eigenvalue weighted by Crippen LogP contribution is 2.22. The van der Waals surface area contributed by atoms with Crippen LogP contribution in [0.2, 0.25) is 5.02 Å². The van der Waals surface area contributed by atoms with Crippen LogP contribution in [0.25, 0.3) is 0 Å². The molecule has 0 saturated carbocycles. The average Bonchev–Trinajstić information content (AvgIpc) is 1.85. The molecule has 0 fully saturated rings. The van der Waals surface area contributed by atoms with E-state index in [1.54, 1.807) is 6.20 Å². The molecule has 11 heavy (non-hydrogen) atoms. The lowest BCUT2D eigenvalue weighted by molar-refractivity contribution is 1.28. The van der Waals surface area contributed by atoms with E-state index >= 15 is 0 Å². The summed E-state index contributed by atoms with van der Waals surface area (Å²) in [6.07, 6.45) is 2.99. The molecule has 0 aromatic carbocycles. The zero-order valence-corrected chi connectivity index (χ0v) is 7.78. The van der Waals surface area contributed by atoms with E-state index in [0.29, 0.717) is 15.1 Å². The molecular weight excluding hydrogens is 229 g/mol. The van der Waals surface area contributed by atoms with Crippen molar-refractivity contribution in [1.29, 1.82) is 5.41 Å². The van der Waals surface area contributed by atoms with Gasteiger partial charge in [-0.25, -0.2) is 0 Å². The number of nitrogens with one attached hydrogen (secondary N) is 1. The van der Waals surface area contributed by atoms with Crippen molar-refractivity contribution >= 4 is 33.4 Å². The number of halogens is 2. The fourth-order valence-electron chi connectivity index (χ4n) is 0.669. The molecule has 5 heteroatoms. The maximum absolute atomic E-state index is 7.15.